The molecule has 1 saturated carbocycles. The summed E-state index contributed by atoms with van der Waals surface area (Å²) in [4.78, 5) is 2.62. The SMILES string of the molecule is C1=CCC(/C=C/CN(C/C=C/c2ccccc2)CCCC2CCCCCCCCC2)C=C1. The zero-order valence-corrected chi connectivity index (χ0v) is 20.2. The van der Waals surface area contributed by atoms with Crippen molar-refractivity contribution in [1.82, 2.24) is 4.90 Å². The second-order valence-corrected chi connectivity index (χ2v) is 9.77. The highest BCUT2D eigenvalue weighted by Gasteiger charge is 2.11. The van der Waals surface area contributed by atoms with Gasteiger partial charge in [-0.2, -0.15) is 0 Å². The predicted molar refractivity (Wildman–Crippen MR) is 142 cm³/mol. The van der Waals surface area contributed by atoms with Crippen LogP contribution in [0.1, 0.15) is 82.6 Å². The molecule has 3 rings (SSSR count). The molecule has 0 heterocycles. The van der Waals surface area contributed by atoms with E-state index in [4.69, 9.17) is 0 Å². The molecule has 174 valence electrons. The second-order valence-electron chi connectivity index (χ2n) is 9.77. The van der Waals surface area contributed by atoms with Gasteiger partial charge in [-0.1, -0.05) is 137 Å². The average Bonchev–Trinajstić information content (AvgIpc) is 2.84. The van der Waals surface area contributed by atoms with Gasteiger partial charge in [0.1, 0.15) is 0 Å². The van der Waals surface area contributed by atoms with Crippen molar-refractivity contribution in [1.29, 1.82) is 0 Å². The van der Waals surface area contributed by atoms with Crippen molar-refractivity contribution >= 4 is 6.08 Å². The number of hydrogen-bond donors (Lipinski definition) is 0. The van der Waals surface area contributed by atoms with Gasteiger partial charge in [-0.3, -0.25) is 4.90 Å². The summed E-state index contributed by atoms with van der Waals surface area (Å²) in [5.41, 5.74) is 1.30. The summed E-state index contributed by atoms with van der Waals surface area (Å²) in [5.74, 6) is 1.54. The van der Waals surface area contributed by atoms with Gasteiger partial charge in [0.25, 0.3) is 0 Å². The van der Waals surface area contributed by atoms with Crippen molar-refractivity contribution in [2.45, 2.75) is 77.0 Å². The number of allylic oxidation sites excluding steroid dienone is 5. The van der Waals surface area contributed by atoms with Crippen LogP contribution in [0.15, 0.2) is 72.9 Å². The van der Waals surface area contributed by atoms with Gasteiger partial charge in [0, 0.05) is 13.1 Å². The third kappa shape index (κ3) is 10.6. The summed E-state index contributed by atoms with van der Waals surface area (Å²) < 4.78 is 0. The summed E-state index contributed by atoms with van der Waals surface area (Å²) in [6, 6.07) is 10.7. The quantitative estimate of drug-likeness (QED) is 0.335. The van der Waals surface area contributed by atoms with Crippen molar-refractivity contribution < 1.29 is 0 Å². The molecular weight excluding hydrogens is 386 g/mol. The van der Waals surface area contributed by atoms with Gasteiger partial charge in [0.15, 0.2) is 0 Å². The van der Waals surface area contributed by atoms with Crippen molar-refractivity contribution in [3.8, 4) is 0 Å². The Morgan fingerprint density at radius 1 is 0.812 bits per heavy atom. The first kappa shape index (κ1) is 24.8. The maximum absolute atomic E-state index is 2.62. The Morgan fingerprint density at radius 2 is 1.53 bits per heavy atom. The predicted octanol–water partition coefficient (Wildman–Crippen LogP) is 8.61. The van der Waals surface area contributed by atoms with Crippen LogP contribution in [0.25, 0.3) is 6.08 Å². The van der Waals surface area contributed by atoms with Crippen LogP contribution in [0.5, 0.6) is 0 Å². The molecule has 1 fully saturated rings. The molecule has 1 aromatic rings. The zero-order valence-electron chi connectivity index (χ0n) is 20.2. The minimum absolute atomic E-state index is 0.574. The molecule has 0 amide bonds. The topological polar surface area (TPSA) is 3.24 Å². The summed E-state index contributed by atoms with van der Waals surface area (Å²) >= 11 is 0. The van der Waals surface area contributed by atoms with Crippen LogP contribution in [0.4, 0.5) is 0 Å². The monoisotopic (exact) mass is 431 g/mol. The van der Waals surface area contributed by atoms with Crippen LogP contribution in [-0.4, -0.2) is 24.5 Å². The van der Waals surface area contributed by atoms with Gasteiger partial charge in [-0.05, 0) is 43.2 Å². The maximum atomic E-state index is 2.62. The summed E-state index contributed by atoms with van der Waals surface area (Å²) in [6.45, 7) is 3.29. The van der Waals surface area contributed by atoms with Crippen molar-refractivity contribution in [2.24, 2.45) is 11.8 Å². The first-order valence-electron chi connectivity index (χ1n) is 13.3. The van der Waals surface area contributed by atoms with Crippen LogP contribution in [0.3, 0.4) is 0 Å². The third-order valence-electron chi connectivity index (χ3n) is 7.05. The number of rotatable bonds is 10. The van der Waals surface area contributed by atoms with Crippen molar-refractivity contribution in [3.05, 3.63) is 78.4 Å². The molecule has 1 atom stereocenters. The minimum Gasteiger partial charge on any atom is -0.296 e. The molecule has 0 spiro atoms. The maximum Gasteiger partial charge on any atom is 0.0169 e. The Labute approximate surface area is 198 Å². The van der Waals surface area contributed by atoms with E-state index in [0.29, 0.717) is 5.92 Å². The molecular formula is C31H45N. The molecule has 0 aliphatic heterocycles. The zero-order chi connectivity index (χ0) is 22.1. The molecule has 1 heteroatoms. The second kappa shape index (κ2) is 15.9. The smallest absolute Gasteiger partial charge is 0.0169 e. The van der Waals surface area contributed by atoms with Crippen LogP contribution in [0.2, 0.25) is 0 Å². The van der Waals surface area contributed by atoms with Gasteiger partial charge in [-0.15, -0.1) is 0 Å². The first-order chi connectivity index (χ1) is 15.9. The van der Waals surface area contributed by atoms with E-state index < -0.39 is 0 Å². The lowest BCUT2D eigenvalue weighted by Gasteiger charge is -2.22. The van der Waals surface area contributed by atoms with Gasteiger partial charge in [0.05, 0.1) is 0 Å². The highest BCUT2D eigenvalue weighted by Crippen LogP contribution is 2.25. The minimum atomic E-state index is 0.574. The van der Waals surface area contributed by atoms with Crippen LogP contribution in [-0.2, 0) is 0 Å². The van der Waals surface area contributed by atoms with Crippen molar-refractivity contribution in [2.75, 3.05) is 19.6 Å². The Kier molecular flexibility index (Phi) is 12.3. The van der Waals surface area contributed by atoms with E-state index in [-0.39, 0.29) is 0 Å². The standard InChI is InChI=1S/C31H45N/c1-2-4-8-17-29(18-9-5-3-1)23-14-26-32(27-15-24-30-19-10-6-11-20-30)28-16-25-31-21-12-7-13-22-31/h6-7,10-13,15-16,19-21,24-25,29,31H,1-5,8-9,14,17-18,22-23,26-28H2/b24-15+,25-16+. The van der Waals surface area contributed by atoms with E-state index in [1.165, 1.54) is 82.7 Å². The normalized spacial score (nSPS) is 21.1. The van der Waals surface area contributed by atoms with Crippen LogP contribution >= 0.6 is 0 Å². The van der Waals surface area contributed by atoms with Crippen LogP contribution in [0, 0.1) is 11.8 Å². The molecule has 1 aromatic carbocycles. The van der Waals surface area contributed by atoms with E-state index in [9.17, 15) is 0 Å². The molecule has 1 nitrogen and oxygen atoms in total. The van der Waals surface area contributed by atoms with Gasteiger partial charge < -0.3 is 0 Å². The number of nitrogens with zero attached hydrogens (tertiary/aromatic N) is 1. The molecule has 0 bridgehead atoms. The summed E-state index contributed by atoms with van der Waals surface area (Å²) in [6.07, 6.45) is 35.4. The first-order valence-corrected chi connectivity index (χ1v) is 13.3. The van der Waals surface area contributed by atoms with Crippen molar-refractivity contribution in [3.63, 3.8) is 0 Å². The van der Waals surface area contributed by atoms with E-state index in [1.54, 1.807) is 0 Å². The van der Waals surface area contributed by atoms with E-state index in [0.717, 1.165) is 25.4 Å². The molecule has 1 unspecified atom stereocenters. The molecule has 0 saturated heterocycles. The van der Waals surface area contributed by atoms with Gasteiger partial charge >= 0.3 is 0 Å². The number of benzene rings is 1. The largest absolute Gasteiger partial charge is 0.296 e. The lowest BCUT2D eigenvalue weighted by atomic mass is 9.89. The Morgan fingerprint density at radius 3 is 2.25 bits per heavy atom. The summed E-state index contributed by atoms with van der Waals surface area (Å²) in [5, 5.41) is 0. The average molecular weight is 432 g/mol. The fourth-order valence-corrected chi connectivity index (χ4v) is 5.07. The van der Waals surface area contributed by atoms with Gasteiger partial charge in [-0.25, -0.2) is 0 Å². The highest BCUT2D eigenvalue weighted by atomic mass is 15.1. The third-order valence-corrected chi connectivity index (χ3v) is 7.05. The lowest BCUT2D eigenvalue weighted by molar-refractivity contribution is 0.295. The molecule has 0 aromatic heterocycles. The van der Waals surface area contributed by atoms with E-state index >= 15 is 0 Å². The number of hydrogen-bond acceptors (Lipinski definition) is 1. The Bertz CT molecular complexity index is 701. The molecule has 0 radical (unpaired) electrons. The van der Waals surface area contributed by atoms with E-state index in [2.05, 4.69) is 83.8 Å². The molecule has 32 heavy (non-hydrogen) atoms. The van der Waals surface area contributed by atoms with E-state index in [1.807, 2.05) is 0 Å². The highest BCUT2D eigenvalue weighted by molar-refractivity contribution is 5.48. The van der Waals surface area contributed by atoms with Gasteiger partial charge in [0.2, 0.25) is 0 Å². The molecule has 0 N–H and O–H groups in total. The Balaban J connectivity index is 1.47. The molecule has 2 aliphatic carbocycles. The lowest BCUT2D eigenvalue weighted by Crippen LogP contribution is -2.26. The fraction of sp³-hybridized carbons (Fsp3) is 0.548. The Hall–Kier alpha value is -1.86. The summed E-state index contributed by atoms with van der Waals surface area (Å²) in [7, 11) is 0. The fourth-order valence-electron chi connectivity index (χ4n) is 5.07. The molecule has 2 aliphatic rings. The van der Waals surface area contributed by atoms with Crippen LogP contribution < -0.4 is 0 Å².